The Bertz CT molecular complexity index is 1530. The maximum Gasteiger partial charge on any atom is 0.298 e. The molecule has 0 saturated heterocycles. The highest BCUT2D eigenvalue weighted by Gasteiger charge is 2.16. The van der Waals surface area contributed by atoms with Crippen LogP contribution in [0.15, 0.2) is 95.7 Å². The van der Waals surface area contributed by atoms with Gasteiger partial charge in [-0.2, -0.15) is 4.98 Å². The average Bonchev–Trinajstić information content (AvgIpc) is 3.46. The predicted octanol–water partition coefficient (Wildman–Crippen LogP) is 6.10. The van der Waals surface area contributed by atoms with Crippen molar-refractivity contribution in [3.05, 3.63) is 108 Å². The molecule has 0 N–H and O–H groups in total. The molecule has 3 aromatic carbocycles. The largest absolute Gasteiger partial charge is 0.497 e. The number of hydrogen-bond donors (Lipinski definition) is 0. The van der Waals surface area contributed by atoms with E-state index in [1.165, 1.54) is 0 Å². The van der Waals surface area contributed by atoms with Crippen molar-refractivity contribution in [3.8, 4) is 11.5 Å². The second kappa shape index (κ2) is 13.0. The molecule has 0 spiro atoms. The number of ether oxygens (including phenoxy) is 3. The van der Waals surface area contributed by atoms with E-state index in [4.69, 9.17) is 23.6 Å². The normalized spacial score (nSPS) is 11.0. The van der Waals surface area contributed by atoms with Crippen molar-refractivity contribution in [3.63, 3.8) is 0 Å². The Hall–Kier alpha value is -4.56. The summed E-state index contributed by atoms with van der Waals surface area (Å²) in [5, 5.41) is 1.10. The number of anilines is 2. The number of hydrogen-bond acceptors (Lipinski definition) is 8. The molecule has 0 amide bonds. The highest BCUT2D eigenvalue weighted by molar-refractivity contribution is 5.79. The molecule has 0 bridgehead atoms. The summed E-state index contributed by atoms with van der Waals surface area (Å²) in [6.45, 7) is 2.43. The van der Waals surface area contributed by atoms with Crippen molar-refractivity contribution in [2.45, 2.75) is 19.7 Å². The van der Waals surface area contributed by atoms with E-state index >= 15 is 0 Å². The highest BCUT2D eigenvalue weighted by Crippen LogP contribution is 2.24. The number of methoxy groups -OCH3 is 1. The van der Waals surface area contributed by atoms with E-state index < -0.39 is 0 Å². The molecule has 2 heterocycles. The lowest BCUT2D eigenvalue weighted by molar-refractivity contribution is 0.0869. The Morgan fingerprint density at radius 3 is 2.50 bits per heavy atom. The van der Waals surface area contributed by atoms with E-state index in [0.29, 0.717) is 38.9 Å². The van der Waals surface area contributed by atoms with Crippen LogP contribution >= 0.6 is 0 Å². The van der Waals surface area contributed by atoms with E-state index in [9.17, 15) is 0 Å². The Morgan fingerprint density at radius 1 is 0.825 bits per heavy atom. The first-order valence-electron chi connectivity index (χ1n) is 13.2. The third-order valence-electron chi connectivity index (χ3n) is 6.44. The first kappa shape index (κ1) is 27.0. The number of rotatable bonds is 13. The zero-order valence-corrected chi connectivity index (χ0v) is 23.1. The highest BCUT2D eigenvalue weighted by atomic mass is 16.5. The molecule has 5 rings (SSSR count). The van der Waals surface area contributed by atoms with Crippen molar-refractivity contribution in [1.82, 2.24) is 9.97 Å². The maximum absolute atomic E-state index is 5.93. The van der Waals surface area contributed by atoms with Crippen LogP contribution in [0.4, 0.5) is 11.7 Å². The molecule has 5 aromatic rings. The zero-order valence-electron chi connectivity index (χ0n) is 23.1. The van der Waals surface area contributed by atoms with Crippen molar-refractivity contribution in [2.75, 3.05) is 44.2 Å². The summed E-state index contributed by atoms with van der Waals surface area (Å²) in [5.74, 6) is 1.63. The minimum Gasteiger partial charge on any atom is -0.497 e. The third kappa shape index (κ3) is 7.09. The van der Waals surface area contributed by atoms with Crippen LogP contribution < -0.4 is 19.3 Å². The Labute approximate surface area is 234 Å². The van der Waals surface area contributed by atoms with Gasteiger partial charge in [-0.1, -0.05) is 30.3 Å². The van der Waals surface area contributed by atoms with Crippen LogP contribution in [0, 0.1) is 0 Å². The molecule has 0 unspecified atom stereocenters. The average molecular weight is 539 g/mol. The Kier molecular flexibility index (Phi) is 8.78. The lowest BCUT2D eigenvalue weighted by atomic mass is 10.1. The van der Waals surface area contributed by atoms with E-state index in [-0.39, 0.29) is 0 Å². The topological polar surface area (TPSA) is 73.1 Å². The fourth-order valence-corrected chi connectivity index (χ4v) is 4.38. The molecule has 206 valence electrons. The fraction of sp³-hybridized carbons (Fsp3) is 0.250. The van der Waals surface area contributed by atoms with Gasteiger partial charge in [0.15, 0.2) is 0 Å². The van der Waals surface area contributed by atoms with Gasteiger partial charge >= 0.3 is 0 Å². The summed E-state index contributed by atoms with van der Waals surface area (Å²) < 4.78 is 23.0. The second-order valence-corrected chi connectivity index (χ2v) is 9.65. The van der Waals surface area contributed by atoms with Crippen LogP contribution in [0.25, 0.3) is 10.9 Å². The molecule has 0 aliphatic heterocycles. The molecule has 2 aromatic heterocycles. The molecular weight excluding hydrogens is 504 g/mol. The van der Waals surface area contributed by atoms with Crippen LogP contribution in [0.2, 0.25) is 0 Å². The van der Waals surface area contributed by atoms with E-state index in [0.717, 1.165) is 44.9 Å². The number of fused-ring (bicyclic) bond motifs is 1. The van der Waals surface area contributed by atoms with Gasteiger partial charge in [-0.3, -0.25) is 4.98 Å². The molecule has 0 radical (unpaired) electrons. The van der Waals surface area contributed by atoms with Gasteiger partial charge in [-0.05, 0) is 53.6 Å². The number of oxazole rings is 1. The summed E-state index contributed by atoms with van der Waals surface area (Å²) in [6, 6.07) is 26.8. The lowest BCUT2D eigenvalue weighted by Gasteiger charge is -2.21. The van der Waals surface area contributed by atoms with Gasteiger partial charge in [-0.25, -0.2) is 0 Å². The quantitative estimate of drug-likeness (QED) is 0.167. The zero-order chi connectivity index (χ0) is 27.7. The van der Waals surface area contributed by atoms with Crippen LogP contribution in [0.1, 0.15) is 16.8 Å². The maximum atomic E-state index is 5.93. The van der Waals surface area contributed by atoms with Gasteiger partial charge in [0.2, 0.25) is 0 Å². The molecule has 0 atom stereocenters. The minimum atomic E-state index is 0.333. The standard InChI is InChI=1S/C32H34N4O4/c1-35(2)28-9-5-11-30(19-28)39-16-15-38-22-27-23-40-32(34-27)36(20-24-7-4-10-29(18-24)37-3)21-25-12-13-31-26(17-25)8-6-14-33-31/h4-14,17-19,23H,15-16,20-22H2,1-3H3. The van der Waals surface area contributed by atoms with Crippen LogP contribution in [0.3, 0.4) is 0 Å². The van der Waals surface area contributed by atoms with Crippen LogP contribution in [-0.4, -0.2) is 44.4 Å². The van der Waals surface area contributed by atoms with Gasteiger partial charge in [0.25, 0.3) is 6.01 Å². The van der Waals surface area contributed by atoms with Gasteiger partial charge in [0.1, 0.15) is 30.1 Å². The number of nitrogens with zero attached hydrogens (tertiary/aromatic N) is 4. The number of benzene rings is 3. The van der Waals surface area contributed by atoms with E-state index in [2.05, 4.69) is 34.1 Å². The third-order valence-corrected chi connectivity index (χ3v) is 6.44. The molecule has 8 heteroatoms. The van der Waals surface area contributed by atoms with Crippen LogP contribution in [-0.2, 0) is 24.4 Å². The monoisotopic (exact) mass is 538 g/mol. The van der Waals surface area contributed by atoms with Crippen molar-refractivity contribution < 1.29 is 18.6 Å². The summed E-state index contributed by atoms with van der Waals surface area (Å²) >= 11 is 0. The molecule has 40 heavy (non-hydrogen) atoms. The van der Waals surface area contributed by atoms with E-state index in [1.54, 1.807) is 13.4 Å². The van der Waals surface area contributed by atoms with E-state index in [1.807, 2.05) is 79.8 Å². The first-order chi connectivity index (χ1) is 19.6. The van der Waals surface area contributed by atoms with Crippen molar-refractivity contribution in [2.24, 2.45) is 0 Å². The first-order valence-corrected chi connectivity index (χ1v) is 13.2. The van der Waals surface area contributed by atoms with Gasteiger partial charge in [-0.15, -0.1) is 0 Å². The SMILES string of the molecule is COc1cccc(CN(Cc2ccc3ncccc3c2)c2nc(COCCOc3cccc(N(C)C)c3)co2)c1. The smallest absolute Gasteiger partial charge is 0.298 e. The van der Waals surface area contributed by atoms with Crippen LogP contribution in [0.5, 0.6) is 11.5 Å². The molecule has 0 aliphatic carbocycles. The molecule has 8 nitrogen and oxygen atoms in total. The summed E-state index contributed by atoms with van der Waals surface area (Å²) in [4.78, 5) is 13.3. The molecule has 0 aliphatic rings. The summed E-state index contributed by atoms with van der Waals surface area (Å²) in [6.07, 6.45) is 3.46. The molecule has 0 saturated carbocycles. The summed E-state index contributed by atoms with van der Waals surface area (Å²) in [7, 11) is 5.68. The Balaban J connectivity index is 1.23. The predicted molar refractivity (Wildman–Crippen MR) is 157 cm³/mol. The molecular formula is C32H34N4O4. The number of aromatic nitrogens is 2. The molecule has 0 fully saturated rings. The van der Waals surface area contributed by atoms with Gasteiger partial charge in [0.05, 0.1) is 25.8 Å². The van der Waals surface area contributed by atoms with Crippen molar-refractivity contribution >= 4 is 22.6 Å². The second-order valence-electron chi connectivity index (χ2n) is 9.65. The lowest BCUT2D eigenvalue weighted by Crippen LogP contribution is -2.22. The van der Waals surface area contributed by atoms with Gasteiger partial charge in [0, 0.05) is 50.5 Å². The minimum absolute atomic E-state index is 0.333. The Morgan fingerprint density at radius 2 is 1.65 bits per heavy atom. The number of pyridine rings is 1. The summed E-state index contributed by atoms with van der Waals surface area (Å²) in [5.41, 5.74) is 5.01. The van der Waals surface area contributed by atoms with Gasteiger partial charge < -0.3 is 28.4 Å². The fourth-order valence-electron chi connectivity index (χ4n) is 4.38. The van der Waals surface area contributed by atoms with Crippen molar-refractivity contribution in [1.29, 1.82) is 0 Å².